The minimum Gasteiger partial charge on any atom is -0.497 e. The zero-order chi connectivity index (χ0) is 17.4. The summed E-state index contributed by atoms with van der Waals surface area (Å²) in [6, 6.07) is 10.8. The molecule has 0 bridgehead atoms. The molecular formula is C17H18BrNO5. The van der Waals surface area contributed by atoms with Gasteiger partial charge in [-0.15, -0.1) is 0 Å². The Bertz CT molecular complexity index is 705. The average Bonchev–Trinajstić information content (AvgIpc) is 2.60. The third-order valence-corrected chi connectivity index (χ3v) is 3.69. The number of nitrogens with zero attached hydrogens (tertiary/aromatic N) is 1. The quantitative estimate of drug-likeness (QED) is 0.319. The van der Waals surface area contributed by atoms with Crippen molar-refractivity contribution in [3.05, 3.63) is 46.4 Å². The van der Waals surface area contributed by atoms with Crippen molar-refractivity contribution in [1.82, 2.24) is 0 Å². The minimum absolute atomic E-state index is 0.333. The van der Waals surface area contributed by atoms with E-state index in [0.29, 0.717) is 40.5 Å². The van der Waals surface area contributed by atoms with E-state index in [1.807, 2.05) is 18.2 Å². The highest BCUT2D eigenvalue weighted by Gasteiger charge is 2.11. The Morgan fingerprint density at radius 2 is 1.79 bits per heavy atom. The van der Waals surface area contributed by atoms with Gasteiger partial charge in [0.05, 0.1) is 24.9 Å². The largest absolute Gasteiger partial charge is 0.497 e. The Kier molecular flexibility index (Phi) is 6.74. The van der Waals surface area contributed by atoms with Gasteiger partial charge in [0.2, 0.25) is 0 Å². The third kappa shape index (κ3) is 4.79. The van der Waals surface area contributed by atoms with Crippen LogP contribution in [0.5, 0.6) is 23.0 Å². The fourth-order valence-electron chi connectivity index (χ4n) is 2.02. The molecule has 128 valence electrons. The predicted molar refractivity (Wildman–Crippen MR) is 94.1 cm³/mol. The molecule has 2 aromatic carbocycles. The number of oxime groups is 1. The van der Waals surface area contributed by atoms with Crippen molar-refractivity contribution in [3.63, 3.8) is 0 Å². The summed E-state index contributed by atoms with van der Waals surface area (Å²) in [4.78, 5) is 0. The van der Waals surface area contributed by atoms with E-state index >= 15 is 0 Å². The lowest BCUT2D eigenvalue weighted by atomic mass is 10.2. The topological polar surface area (TPSA) is 69.5 Å². The fraction of sp³-hybridized carbons (Fsp3) is 0.235. The van der Waals surface area contributed by atoms with Crippen molar-refractivity contribution in [2.24, 2.45) is 5.16 Å². The number of hydrogen-bond donors (Lipinski definition) is 1. The van der Waals surface area contributed by atoms with Gasteiger partial charge in [0.15, 0.2) is 11.5 Å². The molecule has 0 unspecified atom stereocenters. The fourth-order valence-corrected chi connectivity index (χ4v) is 2.59. The number of hydrogen-bond acceptors (Lipinski definition) is 6. The van der Waals surface area contributed by atoms with Crippen molar-refractivity contribution >= 4 is 22.1 Å². The maximum absolute atomic E-state index is 8.62. The van der Waals surface area contributed by atoms with Crippen LogP contribution in [0.4, 0.5) is 0 Å². The first-order chi connectivity index (χ1) is 11.7. The van der Waals surface area contributed by atoms with E-state index in [-0.39, 0.29) is 0 Å². The van der Waals surface area contributed by atoms with E-state index in [0.717, 1.165) is 5.75 Å². The Morgan fingerprint density at radius 3 is 2.50 bits per heavy atom. The molecule has 0 heterocycles. The highest BCUT2D eigenvalue weighted by atomic mass is 79.9. The highest BCUT2D eigenvalue weighted by Crippen LogP contribution is 2.36. The van der Waals surface area contributed by atoms with Gasteiger partial charge in [-0.3, -0.25) is 0 Å². The van der Waals surface area contributed by atoms with Gasteiger partial charge in [0.25, 0.3) is 0 Å². The van der Waals surface area contributed by atoms with Gasteiger partial charge in [-0.25, -0.2) is 0 Å². The van der Waals surface area contributed by atoms with E-state index in [2.05, 4.69) is 21.1 Å². The molecule has 0 amide bonds. The molecule has 2 aromatic rings. The minimum atomic E-state index is 0.333. The first kappa shape index (κ1) is 17.9. The van der Waals surface area contributed by atoms with Gasteiger partial charge >= 0.3 is 0 Å². The number of benzene rings is 2. The lowest BCUT2D eigenvalue weighted by Gasteiger charge is -2.14. The van der Waals surface area contributed by atoms with Crippen molar-refractivity contribution in [1.29, 1.82) is 0 Å². The number of ether oxygens (including phenoxy) is 4. The van der Waals surface area contributed by atoms with Crippen LogP contribution in [-0.4, -0.2) is 38.9 Å². The molecule has 0 aliphatic rings. The van der Waals surface area contributed by atoms with E-state index < -0.39 is 0 Å². The second kappa shape index (κ2) is 9.02. The second-order valence-corrected chi connectivity index (χ2v) is 5.51. The van der Waals surface area contributed by atoms with E-state index in [1.165, 1.54) is 6.21 Å². The summed E-state index contributed by atoms with van der Waals surface area (Å²) in [5.41, 5.74) is 0.682. The van der Waals surface area contributed by atoms with Gasteiger partial charge in [-0.2, -0.15) is 0 Å². The standard InChI is InChI=1S/C17H18BrNO5/c1-21-13-4-3-5-14(10-13)23-6-7-24-17-15(18)8-12(11-19-20)9-16(17)22-2/h3-5,8-11,20H,6-7H2,1-2H3. The summed E-state index contributed by atoms with van der Waals surface area (Å²) in [6.45, 7) is 0.697. The summed E-state index contributed by atoms with van der Waals surface area (Å²) in [6.07, 6.45) is 1.31. The van der Waals surface area contributed by atoms with Crippen LogP contribution in [0, 0.1) is 0 Å². The molecule has 0 fully saturated rings. The molecule has 0 aliphatic carbocycles. The molecular weight excluding hydrogens is 378 g/mol. The molecule has 0 saturated heterocycles. The van der Waals surface area contributed by atoms with Gasteiger partial charge < -0.3 is 24.2 Å². The van der Waals surface area contributed by atoms with E-state index in [1.54, 1.807) is 32.4 Å². The van der Waals surface area contributed by atoms with Crippen LogP contribution >= 0.6 is 15.9 Å². The zero-order valence-electron chi connectivity index (χ0n) is 13.4. The molecule has 2 rings (SSSR count). The van der Waals surface area contributed by atoms with Crippen LogP contribution in [0.3, 0.4) is 0 Å². The van der Waals surface area contributed by atoms with Gasteiger partial charge in [-0.1, -0.05) is 11.2 Å². The molecule has 7 heteroatoms. The molecule has 1 N–H and O–H groups in total. The van der Waals surface area contributed by atoms with Crippen molar-refractivity contribution in [3.8, 4) is 23.0 Å². The Labute approximate surface area is 148 Å². The van der Waals surface area contributed by atoms with Crippen LogP contribution in [0.25, 0.3) is 0 Å². The van der Waals surface area contributed by atoms with Crippen molar-refractivity contribution in [2.75, 3.05) is 27.4 Å². The Hall–Kier alpha value is -2.41. The lowest BCUT2D eigenvalue weighted by molar-refractivity contribution is 0.210. The zero-order valence-corrected chi connectivity index (χ0v) is 14.9. The molecule has 0 radical (unpaired) electrons. The lowest BCUT2D eigenvalue weighted by Crippen LogP contribution is -2.10. The maximum atomic E-state index is 8.62. The highest BCUT2D eigenvalue weighted by molar-refractivity contribution is 9.10. The molecule has 0 saturated carbocycles. The Morgan fingerprint density at radius 1 is 1.04 bits per heavy atom. The number of rotatable bonds is 8. The van der Waals surface area contributed by atoms with Crippen LogP contribution in [-0.2, 0) is 0 Å². The van der Waals surface area contributed by atoms with Crippen LogP contribution in [0.2, 0.25) is 0 Å². The van der Waals surface area contributed by atoms with Crippen molar-refractivity contribution in [2.45, 2.75) is 0 Å². The van der Waals surface area contributed by atoms with Gasteiger partial charge in [0, 0.05) is 11.6 Å². The van der Waals surface area contributed by atoms with E-state index in [9.17, 15) is 0 Å². The monoisotopic (exact) mass is 395 g/mol. The SMILES string of the molecule is COc1cccc(OCCOc2c(Br)cc(C=NO)cc2OC)c1. The molecule has 24 heavy (non-hydrogen) atoms. The predicted octanol–water partition coefficient (Wildman–Crippen LogP) is 3.73. The van der Waals surface area contributed by atoms with Crippen LogP contribution < -0.4 is 18.9 Å². The molecule has 0 spiro atoms. The van der Waals surface area contributed by atoms with Crippen LogP contribution in [0.1, 0.15) is 5.56 Å². The maximum Gasteiger partial charge on any atom is 0.175 e. The third-order valence-electron chi connectivity index (χ3n) is 3.10. The summed E-state index contributed by atoms with van der Waals surface area (Å²) in [7, 11) is 3.15. The van der Waals surface area contributed by atoms with Gasteiger partial charge in [-0.05, 0) is 40.2 Å². The first-order valence-corrected chi connectivity index (χ1v) is 7.92. The Balaban J connectivity index is 1.96. The first-order valence-electron chi connectivity index (χ1n) is 7.12. The molecule has 6 nitrogen and oxygen atoms in total. The average molecular weight is 396 g/mol. The normalized spacial score (nSPS) is 10.6. The smallest absolute Gasteiger partial charge is 0.175 e. The number of methoxy groups -OCH3 is 2. The van der Waals surface area contributed by atoms with E-state index in [4.69, 9.17) is 24.2 Å². The molecule has 0 atom stereocenters. The summed E-state index contributed by atoms with van der Waals surface area (Å²) in [5, 5.41) is 11.6. The summed E-state index contributed by atoms with van der Waals surface area (Å²) in [5.74, 6) is 2.53. The summed E-state index contributed by atoms with van der Waals surface area (Å²) >= 11 is 3.42. The second-order valence-electron chi connectivity index (χ2n) is 4.65. The van der Waals surface area contributed by atoms with Crippen molar-refractivity contribution < 1.29 is 24.2 Å². The molecule has 0 aliphatic heterocycles. The molecule has 0 aromatic heterocycles. The summed E-state index contributed by atoms with van der Waals surface area (Å²) < 4.78 is 22.5. The number of halogens is 1. The van der Waals surface area contributed by atoms with Crippen LogP contribution in [0.15, 0.2) is 46.0 Å². The van der Waals surface area contributed by atoms with Gasteiger partial charge in [0.1, 0.15) is 24.7 Å².